The van der Waals surface area contributed by atoms with Gasteiger partial charge in [0.15, 0.2) is 0 Å². The molecule has 2 fully saturated rings. The van der Waals surface area contributed by atoms with Crippen LogP contribution in [0.25, 0.3) is 0 Å². The molecule has 1 aliphatic carbocycles. The number of imide groups is 2. The number of methoxy groups -OCH3 is 1. The summed E-state index contributed by atoms with van der Waals surface area (Å²) in [5.74, 6) is -1.33. The zero-order valence-corrected chi connectivity index (χ0v) is 12.1. The Bertz CT molecular complexity index is 404. The Morgan fingerprint density at radius 2 is 1.95 bits per heavy atom. The summed E-state index contributed by atoms with van der Waals surface area (Å²) in [6.45, 7) is 2.67. The van der Waals surface area contributed by atoms with E-state index in [2.05, 4.69) is 5.32 Å². The summed E-state index contributed by atoms with van der Waals surface area (Å²) in [4.78, 5) is 37.5. The molecule has 2 aliphatic rings. The van der Waals surface area contributed by atoms with Crippen molar-refractivity contribution in [2.24, 2.45) is 17.8 Å². The van der Waals surface area contributed by atoms with Crippen molar-refractivity contribution in [1.29, 1.82) is 0 Å². The van der Waals surface area contributed by atoms with Gasteiger partial charge >= 0.3 is 6.03 Å². The zero-order chi connectivity index (χ0) is 14.7. The van der Waals surface area contributed by atoms with E-state index in [9.17, 15) is 14.4 Å². The van der Waals surface area contributed by atoms with Crippen LogP contribution in [-0.2, 0) is 14.3 Å². The topological polar surface area (TPSA) is 75.7 Å². The Kier molecular flexibility index (Phi) is 4.75. The van der Waals surface area contributed by atoms with Gasteiger partial charge in [-0.2, -0.15) is 0 Å². The van der Waals surface area contributed by atoms with Crippen molar-refractivity contribution >= 4 is 17.8 Å². The van der Waals surface area contributed by atoms with Crippen LogP contribution in [0.2, 0.25) is 0 Å². The first-order chi connectivity index (χ1) is 9.54. The van der Waals surface area contributed by atoms with Crippen LogP contribution in [0.5, 0.6) is 0 Å². The fraction of sp³-hybridized carbons (Fsp3) is 0.786. The number of barbiturate groups is 1. The van der Waals surface area contributed by atoms with Gasteiger partial charge in [-0.1, -0.05) is 19.8 Å². The van der Waals surface area contributed by atoms with Crippen molar-refractivity contribution in [3.05, 3.63) is 0 Å². The molecule has 2 rings (SSSR count). The van der Waals surface area contributed by atoms with E-state index in [-0.39, 0.29) is 24.3 Å². The molecule has 0 spiro atoms. The molecule has 2 atom stereocenters. The number of nitrogens with one attached hydrogen (secondary N) is 1. The largest absolute Gasteiger partial charge is 0.384 e. The van der Waals surface area contributed by atoms with Crippen LogP contribution >= 0.6 is 0 Å². The average molecular weight is 282 g/mol. The number of nitrogens with zero attached hydrogens (tertiary/aromatic N) is 1. The Morgan fingerprint density at radius 1 is 1.30 bits per heavy atom. The van der Waals surface area contributed by atoms with E-state index < -0.39 is 17.9 Å². The first kappa shape index (κ1) is 15.0. The first-order valence-electron chi connectivity index (χ1n) is 7.19. The lowest BCUT2D eigenvalue weighted by Gasteiger charge is -2.34. The summed E-state index contributed by atoms with van der Waals surface area (Å²) in [5.41, 5.74) is 0. The van der Waals surface area contributed by atoms with E-state index in [1.807, 2.05) is 6.92 Å². The molecule has 1 heterocycles. The molecule has 4 amide bonds. The second-order valence-electron chi connectivity index (χ2n) is 5.83. The van der Waals surface area contributed by atoms with Gasteiger partial charge in [0.1, 0.15) is 5.92 Å². The van der Waals surface area contributed by atoms with Crippen LogP contribution in [-0.4, -0.2) is 43.0 Å². The fourth-order valence-corrected chi connectivity index (χ4v) is 3.16. The van der Waals surface area contributed by atoms with E-state index >= 15 is 0 Å². The highest BCUT2D eigenvalue weighted by Gasteiger charge is 2.45. The van der Waals surface area contributed by atoms with Crippen molar-refractivity contribution in [2.45, 2.75) is 32.6 Å². The molecule has 2 unspecified atom stereocenters. The van der Waals surface area contributed by atoms with Gasteiger partial charge in [0.05, 0.1) is 6.61 Å². The maximum Gasteiger partial charge on any atom is 0.330 e. The predicted molar refractivity (Wildman–Crippen MR) is 71.7 cm³/mol. The third-order valence-corrected chi connectivity index (χ3v) is 4.11. The number of carbonyl (C=O) groups excluding carboxylic acids is 3. The van der Waals surface area contributed by atoms with Crippen LogP contribution in [0, 0.1) is 17.8 Å². The van der Waals surface area contributed by atoms with Crippen molar-refractivity contribution in [3.8, 4) is 0 Å². The van der Waals surface area contributed by atoms with Crippen LogP contribution in [0.1, 0.15) is 32.6 Å². The smallest absolute Gasteiger partial charge is 0.330 e. The normalized spacial score (nSPS) is 26.0. The standard InChI is InChI=1S/C14H22N2O4/c1-9(8-20-2)7-16-13(18)11(10-5-3-4-6-10)12(17)15-14(16)19/h9-11H,3-8H2,1-2H3,(H,15,17,19). The van der Waals surface area contributed by atoms with E-state index in [0.717, 1.165) is 25.7 Å². The number of rotatable bonds is 5. The maximum absolute atomic E-state index is 12.5. The highest BCUT2D eigenvalue weighted by atomic mass is 16.5. The molecular weight excluding hydrogens is 260 g/mol. The first-order valence-corrected chi connectivity index (χ1v) is 7.19. The summed E-state index contributed by atoms with van der Waals surface area (Å²) in [5, 5.41) is 2.32. The average Bonchev–Trinajstić information content (AvgIpc) is 2.88. The van der Waals surface area contributed by atoms with Crippen molar-refractivity contribution < 1.29 is 19.1 Å². The third-order valence-electron chi connectivity index (χ3n) is 4.11. The molecule has 0 aromatic heterocycles. The van der Waals surface area contributed by atoms with E-state index in [4.69, 9.17) is 4.74 Å². The van der Waals surface area contributed by atoms with Crippen molar-refractivity contribution in [2.75, 3.05) is 20.3 Å². The van der Waals surface area contributed by atoms with Crippen molar-refractivity contribution in [3.63, 3.8) is 0 Å². The molecule has 1 aliphatic heterocycles. The fourth-order valence-electron chi connectivity index (χ4n) is 3.16. The third kappa shape index (κ3) is 3.00. The monoisotopic (exact) mass is 282 g/mol. The molecule has 0 aromatic carbocycles. The van der Waals surface area contributed by atoms with Crippen LogP contribution in [0.3, 0.4) is 0 Å². The molecule has 112 valence electrons. The highest BCUT2D eigenvalue weighted by molar-refractivity contribution is 6.16. The Hall–Kier alpha value is -1.43. The van der Waals surface area contributed by atoms with E-state index in [0.29, 0.717) is 6.61 Å². The number of hydrogen-bond acceptors (Lipinski definition) is 4. The minimum absolute atomic E-state index is 0.0483. The lowest BCUT2D eigenvalue weighted by atomic mass is 9.87. The quantitative estimate of drug-likeness (QED) is 0.768. The van der Waals surface area contributed by atoms with Gasteiger partial charge in [0.2, 0.25) is 11.8 Å². The summed E-state index contributed by atoms with van der Waals surface area (Å²) in [6.07, 6.45) is 3.88. The van der Waals surface area contributed by atoms with Gasteiger partial charge in [0, 0.05) is 13.7 Å². The molecule has 6 heteroatoms. The molecule has 0 aromatic rings. The van der Waals surface area contributed by atoms with Crippen molar-refractivity contribution in [1.82, 2.24) is 10.2 Å². The van der Waals surface area contributed by atoms with Gasteiger partial charge in [0.25, 0.3) is 0 Å². The Labute approximate surface area is 118 Å². The molecule has 1 N–H and O–H groups in total. The highest BCUT2D eigenvalue weighted by Crippen LogP contribution is 2.34. The molecule has 20 heavy (non-hydrogen) atoms. The van der Waals surface area contributed by atoms with Crippen LogP contribution < -0.4 is 5.32 Å². The Balaban J connectivity index is 2.09. The minimum Gasteiger partial charge on any atom is -0.384 e. The maximum atomic E-state index is 12.5. The molecule has 1 saturated carbocycles. The van der Waals surface area contributed by atoms with Gasteiger partial charge in [-0.3, -0.25) is 19.8 Å². The number of ether oxygens (including phenoxy) is 1. The van der Waals surface area contributed by atoms with E-state index in [1.54, 1.807) is 7.11 Å². The number of amides is 4. The van der Waals surface area contributed by atoms with Gasteiger partial charge in [-0.15, -0.1) is 0 Å². The van der Waals surface area contributed by atoms with E-state index in [1.165, 1.54) is 4.90 Å². The molecule has 6 nitrogen and oxygen atoms in total. The summed E-state index contributed by atoms with van der Waals surface area (Å²) >= 11 is 0. The van der Waals surface area contributed by atoms with Gasteiger partial charge < -0.3 is 4.74 Å². The number of hydrogen-bond donors (Lipinski definition) is 1. The summed E-state index contributed by atoms with van der Waals surface area (Å²) in [6, 6.07) is -0.600. The SMILES string of the molecule is COCC(C)CN1C(=O)NC(=O)C(C2CCCC2)C1=O. The number of urea groups is 1. The summed E-state index contributed by atoms with van der Waals surface area (Å²) < 4.78 is 5.03. The van der Waals surface area contributed by atoms with Crippen LogP contribution in [0.15, 0.2) is 0 Å². The van der Waals surface area contributed by atoms with Gasteiger partial charge in [-0.05, 0) is 24.7 Å². The van der Waals surface area contributed by atoms with Gasteiger partial charge in [-0.25, -0.2) is 4.79 Å². The molecular formula is C14H22N2O4. The molecule has 0 bridgehead atoms. The zero-order valence-electron chi connectivity index (χ0n) is 12.1. The lowest BCUT2D eigenvalue weighted by Crippen LogP contribution is -2.60. The second kappa shape index (κ2) is 6.35. The number of carbonyl (C=O) groups is 3. The van der Waals surface area contributed by atoms with Crippen LogP contribution in [0.4, 0.5) is 4.79 Å². The minimum atomic E-state index is -0.690. The second-order valence-corrected chi connectivity index (χ2v) is 5.83. The predicted octanol–water partition coefficient (Wildman–Crippen LogP) is 1.15. The Morgan fingerprint density at radius 3 is 2.55 bits per heavy atom. The molecule has 1 saturated heterocycles. The molecule has 0 radical (unpaired) electrons. The lowest BCUT2D eigenvalue weighted by molar-refractivity contribution is -0.145. The summed E-state index contributed by atoms with van der Waals surface area (Å²) in [7, 11) is 1.58.